The lowest BCUT2D eigenvalue weighted by atomic mass is 10.1. The molecule has 0 bridgehead atoms. The molecule has 0 atom stereocenters. The van der Waals surface area contributed by atoms with Crippen LogP contribution >= 0.6 is 23.2 Å². The van der Waals surface area contributed by atoms with Gasteiger partial charge in [-0.15, -0.1) is 0 Å². The van der Waals surface area contributed by atoms with Gasteiger partial charge < -0.3 is 13.7 Å². The largest absolute Gasteiger partial charge is 0.462 e. The topological polar surface area (TPSA) is 87.5 Å². The predicted molar refractivity (Wildman–Crippen MR) is 143 cm³/mol. The minimum Gasteiger partial charge on any atom is -0.462 e. The van der Waals surface area contributed by atoms with Gasteiger partial charge in [-0.2, -0.15) is 0 Å². The minimum atomic E-state index is -0.659. The Morgan fingerprint density at radius 1 is 0.946 bits per heavy atom. The third-order valence-electron chi connectivity index (χ3n) is 6.01. The monoisotopic (exact) mass is 542 g/mol. The van der Waals surface area contributed by atoms with Crippen molar-refractivity contribution < 1.29 is 18.5 Å². The summed E-state index contributed by atoms with van der Waals surface area (Å²) in [5, 5.41) is 1.31. The second-order valence-electron chi connectivity index (χ2n) is 8.63. The summed E-state index contributed by atoms with van der Waals surface area (Å²) in [4.78, 5) is 28.8. The summed E-state index contributed by atoms with van der Waals surface area (Å²) in [5.41, 5.74) is 2.40. The van der Waals surface area contributed by atoms with Gasteiger partial charge in [0.2, 0.25) is 0 Å². The summed E-state index contributed by atoms with van der Waals surface area (Å²) in [6, 6.07) is 15.0. The number of hydrogen-bond acceptors (Lipinski definition) is 6. The van der Waals surface area contributed by atoms with E-state index in [4.69, 9.17) is 41.9 Å². The lowest BCUT2D eigenvalue weighted by Crippen LogP contribution is -2.14. The molecule has 0 aliphatic heterocycles. The van der Waals surface area contributed by atoms with Crippen molar-refractivity contribution in [1.82, 2.24) is 9.72 Å². The average molecular weight is 543 g/mol. The Bertz CT molecular complexity index is 1340. The smallest absolute Gasteiger partial charge is 0.372 e. The van der Waals surface area contributed by atoms with Gasteiger partial charge in [-0.3, -0.25) is 0 Å². The molecule has 0 spiro atoms. The molecule has 194 valence electrons. The number of nitrogens with zero attached hydrogens (tertiary/aromatic N) is 2. The maximum absolute atomic E-state index is 12.0. The van der Waals surface area contributed by atoms with Crippen molar-refractivity contribution in [3.8, 4) is 22.6 Å². The van der Waals surface area contributed by atoms with E-state index in [1.54, 1.807) is 13.8 Å². The number of rotatable bonds is 11. The maximum Gasteiger partial charge on any atom is 0.372 e. The van der Waals surface area contributed by atoms with E-state index in [2.05, 4.69) is 0 Å². The number of carbonyl (C=O) groups excluding carboxylic acids is 1. The lowest BCUT2D eigenvalue weighted by Gasteiger charge is -2.04. The van der Waals surface area contributed by atoms with Gasteiger partial charge in [0.1, 0.15) is 5.69 Å². The van der Waals surface area contributed by atoms with Crippen LogP contribution in [-0.4, -0.2) is 22.3 Å². The molecule has 0 fully saturated rings. The number of oxazole rings is 1. The molecule has 2 heterocycles. The SMILES string of the molecule is CCOC(=O)c1c(C)n(CCCCCCc2nc(-c3ccc(Cl)cc3)c(-c3ccc(Cl)cc3)o2)oc1=O. The number of carbonyl (C=O) groups is 1. The fourth-order valence-electron chi connectivity index (χ4n) is 4.09. The fourth-order valence-corrected chi connectivity index (χ4v) is 4.34. The van der Waals surface area contributed by atoms with Crippen molar-refractivity contribution in [3.63, 3.8) is 0 Å². The van der Waals surface area contributed by atoms with Crippen molar-refractivity contribution in [2.45, 2.75) is 52.5 Å². The highest BCUT2D eigenvalue weighted by Crippen LogP contribution is 2.34. The third-order valence-corrected chi connectivity index (χ3v) is 6.51. The number of aromatic nitrogens is 2. The Hall–Kier alpha value is -3.29. The zero-order valence-electron chi connectivity index (χ0n) is 20.8. The van der Waals surface area contributed by atoms with Crippen molar-refractivity contribution in [1.29, 1.82) is 0 Å². The number of hydrogen-bond donors (Lipinski definition) is 0. The molecule has 0 aliphatic carbocycles. The summed E-state index contributed by atoms with van der Waals surface area (Å²) in [5.74, 6) is 0.722. The molecule has 2 aromatic heterocycles. The quantitative estimate of drug-likeness (QED) is 0.145. The van der Waals surface area contributed by atoms with E-state index in [1.165, 1.54) is 4.74 Å². The van der Waals surface area contributed by atoms with Gasteiger partial charge in [0.15, 0.2) is 17.2 Å². The second kappa shape index (κ2) is 12.3. The van der Waals surface area contributed by atoms with E-state index >= 15 is 0 Å². The molecule has 0 saturated carbocycles. The van der Waals surface area contributed by atoms with Crippen LogP contribution in [-0.2, 0) is 17.7 Å². The van der Waals surface area contributed by atoms with E-state index in [0.29, 0.717) is 40.4 Å². The third kappa shape index (κ3) is 6.53. The van der Waals surface area contributed by atoms with Gasteiger partial charge in [0.05, 0.1) is 18.8 Å². The van der Waals surface area contributed by atoms with Crippen LogP contribution in [0.15, 0.2) is 62.3 Å². The molecule has 0 radical (unpaired) electrons. The standard InChI is InChI=1S/C28H28Cl2N2O5/c1-3-35-27(33)24-18(2)32(37-28(24)34)17-7-5-4-6-8-23-31-25(19-9-13-21(29)14-10-19)26(36-23)20-11-15-22(30)16-12-20/h9-16H,3-8,17H2,1-2H3. The molecule has 4 rings (SSSR count). The summed E-state index contributed by atoms with van der Waals surface area (Å²) >= 11 is 12.1. The Labute approximate surface area is 224 Å². The van der Waals surface area contributed by atoms with Crippen LogP contribution in [0.1, 0.15) is 54.5 Å². The Balaban J connectivity index is 1.36. The highest BCUT2D eigenvalue weighted by molar-refractivity contribution is 6.31. The molecular weight excluding hydrogens is 515 g/mol. The number of esters is 1. The van der Waals surface area contributed by atoms with Gasteiger partial charge in [-0.05, 0) is 63.1 Å². The molecule has 0 amide bonds. The molecule has 0 saturated heterocycles. The first kappa shape index (κ1) is 26.8. The van der Waals surface area contributed by atoms with E-state index in [9.17, 15) is 9.59 Å². The van der Waals surface area contributed by atoms with E-state index in [0.717, 1.165) is 42.5 Å². The first-order valence-electron chi connectivity index (χ1n) is 12.3. The number of ether oxygens (including phenoxy) is 1. The Morgan fingerprint density at radius 2 is 1.57 bits per heavy atom. The molecule has 37 heavy (non-hydrogen) atoms. The molecule has 0 N–H and O–H groups in total. The first-order valence-corrected chi connectivity index (χ1v) is 13.0. The van der Waals surface area contributed by atoms with Crippen LogP contribution in [0.5, 0.6) is 0 Å². The van der Waals surface area contributed by atoms with Crippen molar-refractivity contribution in [2.24, 2.45) is 0 Å². The molecule has 0 unspecified atom stereocenters. The van der Waals surface area contributed by atoms with Crippen LogP contribution in [0, 0.1) is 6.92 Å². The highest BCUT2D eigenvalue weighted by atomic mass is 35.5. The van der Waals surface area contributed by atoms with Gasteiger partial charge in [-0.1, -0.05) is 48.2 Å². The van der Waals surface area contributed by atoms with Crippen LogP contribution in [0.25, 0.3) is 22.6 Å². The summed E-state index contributed by atoms with van der Waals surface area (Å²) in [6.07, 6.45) is 4.26. The Kier molecular flexibility index (Phi) is 8.90. The highest BCUT2D eigenvalue weighted by Gasteiger charge is 2.22. The zero-order chi connectivity index (χ0) is 26.4. The zero-order valence-corrected chi connectivity index (χ0v) is 22.3. The maximum atomic E-state index is 12.0. The van der Waals surface area contributed by atoms with E-state index < -0.39 is 11.6 Å². The van der Waals surface area contributed by atoms with Crippen molar-refractivity contribution in [2.75, 3.05) is 6.61 Å². The normalized spacial score (nSPS) is 11.1. The summed E-state index contributed by atoms with van der Waals surface area (Å²) < 4.78 is 17.8. The lowest BCUT2D eigenvalue weighted by molar-refractivity contribution is 0.0523. The summed E-state index contributed by atoms with van der Waals surface area (Å²) in [6.45, 7) is 4.11. The number of aryl methyl sites for hydroxylation is 2. The Morgan fingerprint density at radius 3 is 2.22 bits per heavy atom. The van der Waals surface area contributed by atoms with Crippen molar-refractivity contribution in [3.05, 3.63) is 86.1 Å². The fraction of sp³-hybridized carbons (Fsp3) is 0.321. The number of halogens is 2. The van der Waals surface area contributed by atoms with Crippen LogP contribution < -0.4 is 5.63 Å². The predicted octanol–water partition coefficient (Wildman–Crippen LogP) is 7.36. The van der Waals surface area contributed by atoms with Crippen LogP contribution in [0.4, 0.5) is 0 Å². The molecule has 0 aliphatic rings. The second-order valence-corrected chi connectivity index (χ2v) is 9.50. The number of benzene rings is 2. The molecule has 2 aromatic carbocycles. The van der Waals surface area contributed by atoms with Gasteiger partial charge in [-0.25, -0.2) is 19.3 Å². The van der Waals surface area contributed by atoms with Gasteiger partial charge >= 0.3 is 11.6 Å². The van der Waals surface area contributed by atoms with Crippen LogP contribution in [0.3, 0.4) is 0 Å². The summed E-state index contributed by atoms with van der Waals surface area (Å²) in [7, 11) is 0. The molecule has 7 nitrogen and oxygen atoms in total. The van der Waals surface area contributed by atoms with E-state index in [1.807, 2.05) is 48.5 Å². The van der Waals surface area contributed by atoms with E-state index in [-0.39, 0.29) is 12.2 Å². The molecule has 4 aromatic rings. The first-order chi connectivity index (χ1) is 17.9. The van der Waals surface area contributed by atoms with Crippen LogP contribution in [0.2, 0.25) is 10.0 Å². The van der Waals surface area contributed by atoms with Gasteiger partial charge in [0, 0.05) is 27.6 Å². The van der Waals surface area contributed by atoms with Gasteiger partial charge in [0.25, 0.3) is 0 Å². The number of unbranched alkanes of at least 4 members (excludes halogenated alkanes) is 3. The van der Waals surface area contributed by atoms with Crippen molar-refractivity contribution >= 4 is 29.2 Å². The molecule has 9 heteroatoms. The molecular formula is C28H28Cl2N2O5. The average Bonchev–Trinajstić information content (AvgIpc) is 3.42. The minimum absolute atomic E-state index is 0.0290.